The minimum absolute atomic E-state index is 0.0605. The van der Waals surface area contributed by atoms with Gasteiger partial charge in [-0.3, -0.25) is 9.78 Å². The fourth-order valence-electron chi connectivity index (χ4n) is 3.93. The fourth-order valence-corrected chi connectivity index (χ4v) is 3.93. The van der Waals surface area contributed by atoms with Crippen LogP contribution < -0.4 is 10.9 Å². The highest BCUT2D eigenvalue weighted by Gasteiger charge is 2.32. The standard InChI is InChI=1S/C19H20N6O2/c26-18-7-12-3-1-2-4-14(12)24-25(18)17-10-27-9-16(17)23-19-13-5-6-20-8-15(13)21-11-22-19/h5-8,11,16-17H,1-4,9-10H2,(H,21,22,23). The molecule has 0 saturated carbocycles. The van der Waals surface area contributed by atoms with Crippen molar-refractivity contribution in [2.24, 2.45) is 0 Å². The molecule has 138 valence electrons. The third-order valence-corrected chi connectivity index (χ3v) is 5.36. The minimum atomic E-state index is -0.170. The number of nitrogens with zero attached hydrogens (tertiary/aromatic N) is 5. The summed E-state index contributed by atoms with van der Waals surface area (Å²) in [4.78, 5) is 25.4. The molecule has 1 N–H and O–H groups in total. The van der Waals surface area contributed by atoms with Gasteiger partial charge in [-0.1, -0.05) is 0 Å². The number of fused-ring (bicyclic) bond motifs is 2. The van der Waals surface area contributed by atoms with Crippen molar-refractivity contribution in [3.63, 3.8) is 0 Å². The summed E-state index contributed by atoms with van der Waals surface area (Å²) in [7, 11) is 0. The van der Waals surface area contributed by atoms with E-state index in [1.807, 2.05) is 6.07 Å². The van der Waals surface area contributed by atoms with Gasteiger partial charge in [0, 0.05) is 17.6 Å². The molecule has 2 unspecified atom stereocenters. The average Bonchev–Trinajstić information content (AvgIpc) is 3.15. The Labute approximate surface area is 155 Å². The van der Waals surface area contributed by atoms with Crippen LogP contribution in [-0.4, -0.2) is 44.0 Å². The molecular formula is C19H20N6O2. The van der Waals surface area contributed by atoms with E-state index in [9.17, 15) is 4.79 Å². The normalized spacial score (nSPS) is 21.9. The van der Waals surface area contributed by atoms with Gasteiger partial charge in [-0.25, -0.2) is 14.6 Å². The maximum atomic E-state index is 12.7. The summed E-state index contributed by atoms with van der Waals surface area (Å²) in [5, 5.41) is 9.02. The van der Waals surface area contributed by atoms with E-state index in [1.165, 1.54) is 6.33 Å². The van der Waals surface area contributed by atoms with Gasteiger partial charge >= 0.3 is 0 Å². The van der Waals surface area contributed by atoms with Crippen molar-refractivity contribution in [2.45, 2.75) is 37.8 Å². The molecule has 0 amide bonds. The molecule has 1 saturated heterocycles. The second-order valence-electron chi connectivity index (χ2n) is 7.08. The molecule has 1 aliphatic heterocycles. The molecule has 3 aromatic rings. The molecule has 0 radical (unpaired) electrons. The molecule has 1 aliphatic carbocycles. The molecule has 5 rings (SSSR count). The summed E-state index contributed by atoms with van der Waals surface area (Å²) >= 11 is 0. The SMILES string of the molecule is O=c1cc2c(nn1C1COCC1Nc1ncnc3cnccc13)CCCC2. The molecule has 0 bridgehead atoms. The lowest BCUT2D eigenvalue weighted by atomic mass is 9.97. The zero-order valence-corrected chi connectivity index (χ0v) is 14.8. The largest absolute Gasteiger partial charge is 0.377 e. The first kappa shape index (κ1) is 16.3. The second-order valence-corrected chi connectivity index (χ2v) is 7.08. The molecule has 0 aromatic carbocycles. The lowest BCUT2D eigenvalue weighted by molar-refractivity contribution is 0.182. The van der Waals surface area contributed by atoms with Crippen LogP contribution in [0.25, 0.3) is 10.9 Å². The molecule has 2 aliphatic rings. The Morgan fingerprint density at radius 2 is 2.11 bits per heavy atom. The van der Waals surface area contributed by atoms with Gasteiger partial charge in [0.2, 0.25) is 0 Å². The maximum Gasteiger partial charge on any atom is 0.267 e. The van der Waals surface area contributed by atoms with E-state index in [-0.39, 0.29) is 17.6 Å². The van der Waals surface area contributed by atoms with E-state index in [0.717, 1.165) is 47.8 Å². The Balaban J connectivity index is 1.48. The number of aryl methyl sites for hydroxylation is 2. The predicted octanol–water partition coefficient (Wildman–Crippen LogP) is 1.51. The molecular weight excluding hydrogens is 344 g/mol. The minimum Gasteiger partial charge on any atom is -0.377 e. The molecule has 8 nitrogen and oxygen atoms in total. The van der Waals surface area contributed by atoms with Gasteiger partial charge in [-0.15, -0.1) is 0 Å². The van der Waals surface area contributed by atoms with E-state index in [1.54, 1.807) is 23.1 Å². The zero-order chi connectivity index (χ0) is 18.2. The van der Waals surface area contributed by atoms with E-state index < -0.39 is 0 Å². The Morgan fingerprint density at radius 3 is 3.07 bits per heavy atom. The topological polar surface area (TPSA) is 94.8 Å². The van der Waals surface area contributed by atoms with Gasteiger partial charge in [0.1, 0.15) is 18.2 Å². The number of ether oxygens (including phenoxy) is 1. The van der Waals surface area contributed by atoms with Crippen LogP contribution in [0.3, 0.4) is 0 Å². The van der Waals surface area contributed by atoms with Gasteiger partial charge in [0.15, 0.2) is 0 Å². The molecule has 1 fully saturated rings. The highest BCUT2D eigenvalue weighted by Crippen LogP contribution is 2.25. The van der Waals surface area contributed by atoms with Crippen LogP contribution in [0.15, 0.2) is 35.6 Å². The third-order valence-electron chi connectivity index (χ3n) is 5.36. The number of anilines is 1. The quantitative estimate of drug-likeness (QED) is 0.753. The summed E-state index contributed by atoms with van der Waals surface area (Å²) in [6, 6.07) is 3.37. The Morgan fingerprint density at radius 1 is 1.19 bits per heavy atom. The summed E-state index contributed by atoms with van der Waals surface area (Å²) in [6.07, 6.45) is 9.08. The summed E-state index contributed by atoms with van der Waals surface area (Å²) in [5.74, 6) is 0.717. The van der Waals surface area contributed by atoms with E-state index in [0.29, 0.717) is 19.0 Å². The molecule has 3 aromatic heterocycles. The number of hydrogen-bond donors (Lipinski definition) is 1. The monoisotopic (exact) mass is 364 g/mol. The summed E-state index contributed by atoms with van der Waals surface area (Å²) < 4.78 is 7.29. The van der Waals surface area contributed by atoms with Gasteiger partial charge in [-0.05, 0) is 37.3 Å². The fraction of sp³-hybridized carbons (Fsp3) is 0.421. The molecule has 0 spiro atoms. The van der Waals surface area contributed by atoms with Crippen LogP contribution in [0.2, 0.25) is 0 Å². The number of rotatable bonds is 3. The molecule has 8 heteroatoms. The lowest BCUT2D eigenvalue weighted by Crippen LogP contribution is -2.38. The van der Waals surface area contributed by atoms with Gasteiger partial charge in [-0.2, -0.15) is 5.10 Å². The molecule has 4 heterocycles. The predicted molar refractivity (Wildman–Crippen MR) is 99.7 cm³/mol. The maximum absolute atomic E-state index is 12.7. The number of aromatic nitrogens is 5. The first-order valence-electron chi connectivity index (χ1n) is 9.30. The zero-order valence-electron chi connectivity index (χ0n) is 14.8. The first-order chi connectivity index (χ1) is 13.3. The van der Waals surface area contributed by atoms with Crippen molar-refractivity contribution in [2.75, 3.05) is 18.5 Å². The van der Waals surface area contributed by atoms with E-state index in [2.05, 4.69) is 20.3 Å². The van der Waals surface area contributed by atoms with Crippen LogP contribution in [-0.2, 0) is 17.6 Å². The van der Waals surface area contributed by atoms with Crippen LogP contribution in [0.5, 0.6) is 0 Å². The number of nitrogens with one attached hydrogen (secondary N) is 1. The first-order valence-corrected chi connectivity index (χ1v) is 9.30. The van der Waals surface area contributed by atoms with Gasteiger partial charge in [0.25, 0.3) is 5.56 Å². The Hall–Kier alpha value is -2.87. The van der Waals surface area contributed by atoms with Crippen molar-refractivity contribution >= 4 is 16.7 Å². The van der Waals surface area contributed by atoms with Crippen LogP contribution in [0, 0.1) is 0 Å². The van der Waals surface area contributed by atoms with Crippen molar-refractivity contribution in [1.29, 1.82) is 0 Å². The van der Waals surface area contributed by atoms with Crippen molar-refractivity contribution < 1.29 is 4.74 Å². The molecule has 27 heavy (non-hydrogen) atoms. The second kappa shape index (κ2) is 6.70. The highest BCUT2D eigenvalue weighted by atomic mass is 16.5. The number of hydrogen-bond acceptors (Lipinski definition) is 7. The highest BCUT2D eigenvalue weighted by molar-refractivity contribution is 5.88. The average molecular weight is 364 g/mol. The van der Waals surface area contributed by atoms with E-state index >= 15 is 0 Å². The van der Waals surface area contributed by atoms with Crippen LogP contribution >= 0.6 is 0 Å². The third kappa shape index (κ3) is 2.95. The van der Waals surface area contributed by atoms with Crippen molar-refractivity contribution in [3.05, 3.63) is 52.5 Å². The Bertz CT molecular complexity index is 1040. The van der Waals surface area contributed by atoms with Crippen molar-refractivity contribution in [3.8, 4) is 0 Å². The van der Waals surface area contributed by atoms with Gasteiger partial charge in [0.05, 0.1) is 36.7 Å². The van der Waals surface area contributed by atoms with Crippen molar-refractivity contribution in [1.82, 2.24) is 24.7 Å². The summed E-state index contributed by atoms with van der Waals surface area (Å²) in [6.45, 7) is 0.945. The van der Waals surface area contributed by atoms with Crippen LogP contribution in [0.4, 0.5) is 5.82 Å². The smallest absolute Gasteiger partial charge is 0.267 e. The van der Waals surface area contributed by atoms with E-state index in [4.69, 9.17) is 9.84 Å². The van der Waals surface area contributed by atoms with Crippen LogP contribution in [0.1, 0.15) is 30.1 Å². The number of pyridine rings is 1. The Kier molecular flexibility index (Phi) is 4.05. The van der Waals surface area contributed by atoms with Gasteiger partial charge < -0.3 is 10.1 Å². The lowest BCUT2D eigenvalue weighted by Gasteiger charge is -2.23. The molecule has 2 atom stereocenters. The summed E-state index contributed by atoms with van der Waals surface area (Å²) in [5.41, 5.74) is 2.86.